The summed E-state index contributed by atoms with van der Waals surface area (Å²) in [5.41, 5.74) is 0. The van der Waals surface area contributed by atoms with Crippen LogP contribution in [0.4, 0.5) is 0 Å². The second-order valence-corrected chi connectivity index (χ2v) is 6.81. The van der Waals surface area contributed by atoms with E-state index in [-0.39, 0.29) is 0 Å². The summed E-state index contributed by atoms with van der Waals surface area (Å²) < 4.78 is 0. The maximum Gasteiger partial charge on any atom is 0.153 e. The van der Waals surface area contributed by atoms with Crippen molar-refractivity contribution < 1.29 is 0 Å². The molecule has 0 aliphatic heterocycles. The Kier molecular flexibility index (Phi) is 6.70. The lowest BCUT2D eigenvalue weighted by Crippen LogP contribution is -2.25. The Morgan fingerprint density at radius 2 is 1.43 bits per heavy atom. The molecule has 0 aromatic heterocycles. The minimum absolute atomic E-state index is 0.519. The van der Waals surface area contributed by atoms with Crippen LogP contribution in [-0.2, 0) is 0 Å². The molecule has 0 spiro atoms. The average Bonchev–Trinajstić information content (AvgIpc) is 2.53. The molecule has 1 nitrogen and oxygen atoms in total. The third-order valence-corrected chi connectivity index (χ3v) is 5.48. The molecule has 0 heterocycles. The van der Waals surface area contributed by atoms with Crippen molar-refractivity contribution in [2.45, 2.75) is 71.1 Å². The Hall–Kier alpha value is -1.39. The fourth-order valence-electron chi connectivity index (χ4n) is 4.29. The first kappa shape index (κ1) is 16.0. The van der Waals surface area contributed by atoms with Crippen LogP contribution in [0.2, 0.25) is 0 Å². The normalized spacial score (nSPS) is 32.0. The maximum absolute atomic E-state index is 8.34. The summed E-state index contributed by atoms with van der Waals surface area (Å²) in [4.78, 5) is 0. The Bertz CT molecular complexity index is 460. The standard InChI is InChI=1S/C20H27N/c1-2-6-17-8-12-19(13-9-17)20-14-10-18(11-15-20)7-4-3-5-16-21/h17-20H,2,6,8-15H2,1H3/t17-,18?,19-,20?. The van der Waals surface area contributed by atoms with Crippen molar-refractivity contribution in [3.8, 4) is 29.8 Å². The fraction of sp³-hybridized carbons (Fsp3) is 0.750. The van der Waals surface area contributed by atoms with E-state index in [2.05, 4.69) is 30.6 Å². The molecule has 0 aromatic carbocycles. The highest BCUT2D eigenvalue weighted by Gasteiger charge is 2.30. The quantitative estimate of drug-likeness (QED) is 0.673. The molecule has 2 rings (SSSR count). The molecule has 112 valence electrons. The smallest absolute Gasteiger partial charge is 0.153 e. The van der Waals surface area contributed by atoms with Gasteiger partial charge in [0, 0.05) is 17.8 Å². The number of hydrogen-bond donors (Lipinski definition) is 0. The van der Waals surface area contributed by atoms with Gasteiger partial charge in [-0.05, 0) is 62.2 Å². The van der Waals surface area contributed by atoms with Crippen LogP contribution in [0.1, 0.15) is 71.1 Å². The van der Waals surface area contributed by atoms with E-state index in [0.717, 1.165) is 17.8 Å². The topological polar surface area (TPSA) is 23.8 Å². The van der Waals surface area contributed by atoms with Crippen molar-refractivity contribution in [3.63, 3.8) is 0 Å². The lowest BCUT2D eigenvalue weighted by molar-refractivity contribution is 0.154. The molecule has 2 fully saturated rings. The lowest BCUT2D eigenvalue weighted by Gasteiger charge is -2.37. The van der Waals surface area contributed by atoms with Crippen molar-refractivity contribution in [3.05, 3.63) is 0 Å². The van der Waals surface area contributed by atoms with Crippen LogP contribution in [0.25, 0.3) is 0 Å². The van der Waals surface area contributed by atoms with Crippen molar-refractivity contribution in [2.24, 2.45) is 23.7 Å². The van der Waals surface area contributed by atoms with Crippen LogP contribution >= 0.6 is 0 Å². The summed E-state index contributed by atoms with van der Waals surface area (Å²) >= 11 is 0. The van der Waals surface area contributed by atoms with Gasteiger partial charge in [-0.3, -0.25) is 0 Å². The van der Waals surface area contributed by atoms with E-state index in [0.29, 0.717) is 5.92 Å². The van der Waals surface area contributed by atoms with Crippen molar-refractivity contribution >= 4 is 0 Å². The summed E-state index contributed by atoms with van der Waals surface area (Å²) in [6.07, 6.45) is 13.9. The van der Waals surface area contributed by atoms with Crippen LogP contribution < -0.4 is 0 Å². The second-order valence-electron chi connectivity index (χ2n) is 6.81. The molecule has 0 atom stereocenters. The third kappa shape index (κ3) is 5.14. The molecule has 0 amide bonds. The Morgan fingerprint density at radius 1 is 0.810 bits per heavy atom. The van der Waals surface area contributed by atoms with Crippen LogP contribution in [0.5, 0.6) is 0 Å². The van der Waals surface area contributed by atoms with Crippen molar-refractivity contribution in [1.29, 1.82) is 5.26 Å². The van der Waals surface area contributed by atoms with Gasteiger partial charge in [0.15, 0.2) is 6.07 Å². The first-order valence-corrected chi connectivity index (χ1v) is 8.73. The average molecular weight is 281 g/mol. The highest BCUT2D eigenvalue weighted by Crippen LogP contribution is 2.41. The SMILES string of the molecule is CCC[C@H]1CC[C@H](C2CCC(C#CC#CC#N)CC2)CC1. The third-order valence-electron chi connectivity index (χ3n) is 5.48. The molecule has 0 radical (unpaired) electrons. The van der Waals surface area contributed by atoms with E-state index >= 15 is 0 Å². The summed E-state index contributed by atoms with van der Waals surface area (Å²) in [6.45, 7) is 2.31. The van der Waals surface area contributed by atoms with Crippen LogP contribution in [-0.4, -0.2) is 0 Å². The summed E-state index contributed by atoms with van der Waals surface area (Å²) in [5.74, 6) is 14.5. The van der Waals surface area contributed by atoms with E-state index in [9.17, 15) is 0 Å². The number of hydrogen-bond acceptors (Lipinski definition) is 1. The van der Waals surface area contributed by atoms with E-state index in [1.807, 2.05) is 0 Å². The summed E-state index contributed by atoms with van der Waals surface area (Å²) in [5, 5.41) is 8.34. The van der Waals surface area contributed by atoms with Gasteiger partial charge in [-0.25, -0.2) is 0 Å². The molecular weight excluding hydrogens is 254 g/mol. The molecule has 1 heteroatoms. The van der Waals surface area contributed by atoms with Gasteiger partial charge >= 0.3 is 0 Å². The molecule has 0 aromatic rings. The largest absolute Gasteiger partial charge is 0.183 e. The predicted molar refractivity (Wildman–Crippen MR) is 87.0 cm³/mol. The zero-order chi connectivity index (χ0) is 14.9. The highest BCUT2D eigenvalue weighted by atomic mass is 14.3. The monoisotopic (exact) mass is 281 g/mol. The van der Waals surface area contributed by atoms with Gasteiger partial charge in [-0.1, -0.05) is 38.5 Å². The van der Waals surface area contributed by atoms with Gasteiger partial charge < -0.3 is 0 Å². The molecule has 0 bridgehead atoms. The van der Waals surface area contributed by atoms with Gasteiger partial charge in [-0.15, -0.1) is 0 Å². The molecule has 2 aliphatic rings. The molecule has 0 unspecified atom stereocenters. The van der Waals surface area contributed by atoms with Crippen LogP contribution in [0.3, 0.4) is 0 Å². The predicted octanol–water partition coefficient (Wildman–Crippen LogP) is 4.93. The summed E-state index contributed by atoms with van der Waals surface area (Å²) in [6, 6.07) is 1.80. The molecular formula is C20H27N. The van der Waals surface area contributed by atoms with Crippen molar-refractivity contribution in [2.75, 3.05) is 0 Å². The Morgan fingerprint density at radius 3 is 2.00 bits per heavy atom. The number of nitriles is 1. The first-order valence-electron chi connectivity index (χ1n) is 8.73. The molecule has 0 N–H and O–H groups in total. The minimum atomic E-state index is 0.519. The van der Waals surface area contributed by atoms with Gasteiger partial charge in [0.2, 0.25) is 0 Å². The van der Waals surface area contributed by atoms with Gasteiger partial charge in [-0.2, -0.15) is 5.26 Å². The molecule has 2 saturated carbocycles. The molecule has 0 saturated heterocycles. The summed E-state index contributed by atoms with van der Waals surface area (Å²) in [7, 11) is 0. The van der Waals surface area contributed by atoms with Gasteiger partial charge in [0.05, 0.1) is 0 Å². The van der Waals surface area contributed by atoms with Crippen molar-refractivity contribution in [1.82, 2.24) is 0 Å². The van der Waals surface area contributed by atoms with Gasteiger partial charge in [0.25, 0.3) is 0 Å². The molecule has 2 aliphatic carbocycles. The lowest BCUT2D eigenvalue weighted by atomic mass is 9.69. The van der Waals surface area contributed by atoms with E-state index < -0.39 is 0 Å². The number of rotatable bonds is 3. The fourth-order valence-corrected chi connectivity index (χ4v) is 4.29. The maximum atomic E-state index is 8.34. The minimum Gasteiger partial charge on any atom is -0.183 e. The van der Waals surface area contributed by atoms with E-state index in [1.165, 1.54) is 64.2 Å². The van der Waals surface area contributed by atoms with Crippen LogP contribution in [0, 0.1) is 58.7 Å². The first-order chi connectivity index (χ1) is 10.3. The van der Waals surface area contributed by atoms with Gasteiger partial charge in [0.1, 0.15) is 0 Å². The zero-order valence-corrected chi connectivity index (χ0v) is 13.3. The number of nitrogens with zero attached hydrogens (tertiary/aromatic N) is 1. The van der Waals surface area contributed by atoms with Crippen LogP contribution in [0.15, 0.2) is 0 Å². The Labute approximate surface area is 130 Å². The molecule has 21 heavy (non-hydrogen) atoms. The second kappa shape index (κ2) is 8.80. The zero-order valence-electron chi connectivity index (χ0n) is 13.3. The van der Waals surface area contributed by atoms with E-state index in [1.54, 1.807) is 6.07 Å². The Balaban J connectivity index is 1.72. The highest BCUT2D eigenvalue weighted by molar-refractivity contribution is 5.32. The van der Waals surface area contributed by atoms with E-state index in [4.69, 9.17) is 5.26 Å².